The molecule has 0 aliphatic carbocycles. The minimum atomic E-state index is -0.608. The number of phenolic OH excluding ortho intramolecular Hbond substituents is 1. The standard InChI is InChI=1S/C27H30N4O4/c1-17(28)19-4-6-20(7-5-19)21-15-24(26(29)34)27(30-16-21)35-23-10-12-31(13-11-23)25(33)14-18-2-8-22(32)9-3-18/h2-9,15-17,23,32H,10-14,28H2,1H3,(H2,29,34)/t17-/m1/s1. The van der Waals surface area contributed by atoms with Crippen molar-refractivity contribution in [2.75, 3.05) is 13.1 Å². The lowest BCUT2D eigenvalue weighted by Gasteiger charge is -2.32. The van der Waals surface area contributed by atoms with Gasteiger partial charge in [0.15, 0.2) is 0 Å². The lowest BCUT2D eigenvalue weighted by atomic mass is 10.0. The number of piperidine rings is 1. The van der Waals surface area contributed by atoms with E-state index < -0.39 is 5.91 Å². The minimum absolute atomic E-state index is 0.0319. The molecule has 0 spiro atoms. The van der Waals surface area contributed by atoms with Gasteiger partial charge in [-0.15, -0.1) is 0 Å². The van der Waals surface area contributed by atoms with Crippen LogP contribution in [0.5, 0.6) is 11.6 Å². The molecule has 8 heteroatoms. The molecule has 0 bridgehead atoms. The van der Waals surface area contributed by atoms with E-state index >= 15 is 0 Å². The molecule has 2 aromatic carbocycles. The van der Waals surface area contributed by atoms with Crippen molar-refractivity contribution >= 4 is 11.8 Å². The Morgan fingerprint density at radius 1 is 1.09 bits per heavy atom. The summed E-state index contributed by atoms with van der Waals surface area (Å²) in [5, 5.41) is 9.40. The van der Waals surface area contributed by atoms with E-state index in [-0.39, 0.29) is 41.7 Å². The van der Waals surface area contributed by atoms with E-state index in [1.165, 1.54) is 0 Å². The monoisotopic (exact) mass is 474 g/mol. The van der Waals surface area contributed by atoms with Crippen LogP contribution in [0.4, 0.5) is 0 Å². The van der Waals surface area contributed by atoms with E-state index in [0.29, 0.717) is 25.9 Å². The van der Waals surface area contributed by atoms with Crippen LogP contribution in [0.1, 0.15) is 47.3 Å². The van der Waals surface area contributed by atoms with Crippen molar-refractivity contribution < 1.29 is 19.4 Å². The molecule has 3 aromatic rings. The fourth-order valence-electron chi connectivity index (χ4n) is 4.14. The molecule has 2 amide bonds. The lowest BCUT2D eigenvalue weighted by molar-refractivity contribution is -0.132. The van der Waals surface area contributed by atoms with Gasteiger partial charge >= 0.3 is 0 Å². The van der Waals surface area contributed by atoms with E-state index in [1.807, 2.05) is 36.1 Å². The molecule has 1 atom stereocenters. The third kappa shape index (κ3) is 5.96. The van der Waals surface area contributed by atoms with Crippen LogP contribution < -0.4 is 16.2 Å². The molecule has 2 heterocycles. The van der Waals surface area contributed by atoms with Gasteiger partial charge in [-0.1, -0.05) is 36.4 Å². The second kappa shape index (κ2) is 10.6. The van der Waals surface area contributed by atoms with Gasteiger partial charge in [0, 0.05) is 43.7 Å². The molecule has 0 unspecified atom stereocenters. The summed E-state index contributed by atoms with van der Waals surface area (Å²) in [5.74, 6) is -0.190. The van der Waals surface area contributed by atoms with Crippen LogP contribution >= 0.6 is 0 Å². The SMILES string of the molecule is C[C@@H](N)c1ccc(-c2cnc(OC3CCN(C(=O)Cc4ccc(O)cc4)CC3)c(C(N)=O)c2)cc1. The van der Waals surface area contributed by atoms with Gasteiger partial charge in [0.1, 0.15) is 17.4 Å². The molecule has 4 rings (SSSR count). The van der Waals surface area contributed by atoms with Gasteiger partial charge in [0.25, 0.3) is 5.91 Å². The topological polar surface area (TPSA) is 132 Å². The molecule has 5 N–H and O–H groups in total. The molecule has 8 nitrogen and oxygen atoms in total. The van der Waals surface area contributed by atoms with E-state index in [9.17, 15) is 14.7 Å². The Morgan fingerprint density at radius 3 is 2.34 bits per heavy atom. The number of primary amides is 1. The predicted octanol–water partition coefficient (Wildman–Crippen LogP) is 3.19. The Balaban J connectivity index is 1.38. The highest BCUT2D eigenvalue weighted by atomic mass is 16.5. The smallest absolute Gasteiger partial charge is 0.254 e. The highest BCUT2D eigenvalue weighted by Gasteiger charge is 2.26. The van der Waals surface area contributed by atoms with Gasteiger partial charge in [0.2, 0.25) is 11.8 Å². The van der Waals surface area contributed by atoms with Crippen molar-refractivity contribution in [2.45, 2.75) is 38.3 Å². The number of carbonyl (C=O) groups is 2. The number of phenols is 1. The molecule has 0 radical (unpaired) electrons. The fraction of sp³-hybridized carbons (Fsp3) is 0.296. The highest BCUT2D eigenvalue weighted by molar-refractivity contribution is 5.96. The van der Waals surface area contributed by atoms with Crippen molar-refractivity contribution in [1.82, 2.24) is 9.88 Å². The normalized spacial score (nSPS) is 15.0. The van der Waals surface area contributed by atoms with E-state index in [1.54, 1.807) is 36.5 Å². The number of benzene rings is 2. The Labute approximate surface area is 204 Å². The number of nitrogens with zero attached hydrogens (tertiary/aromatic N) is 2. The Bertz CT molecular complexity index is 1180. The van der Waals surface area contributed by atoms with Crippen molar-refractivity contribution in [2.24, 2.45) is 11.5 Å². The minimum Gasteiger partial charge on any atom is -0.508 e. The first-order chi connectivity index (χ1) is 16.8. The van der Waals surface area contributed by atoms with Gasteiger partial charge in [-0.25, -0.2) is 4.98 Å². The lowest BCUT2D eigenvalue weighted by Crippen LogP contribution is -2.42. The van der Waals surface area contributed by atoms with Gasteiger partial charge < -0.3 is 26.2 Å². The maximum Gasteiger partial charge on any atom is 0.254 e. The van der Waals surface area contributed by atoms with Gasteiger partial charge in [-0.3, -0.25) is 9.59 Å². The zero-order valence-electron chi connectivity index (χ0n) is 19.7. The molecule has 182 valence electrons. The van der Waals surface area contributed by atoms with Crippen molar-refractivity contribution in [3.63, 3.8) is 0 Å². The second-order valence-corrected chi connectivity index (χ2v) is 8.89. The number of pyridine rings is 1. The van der Waals surface area contributed by atoms with Crippen LogP contribution in [0.2, 0.25) is 0 Å². The van der Waals surface area contributed by atoms with E-state index in [0.717, 1.165) is 22.3 Å². The number of rotatable bonds is 7. The zero-order chi connectivity index (χ0) is 24.9. The Kier molecular flexibility index (Phi) is 7.31. The van der Waals surface area contributed by atoms with Crippen LogP contribution in [0.3, 0.4) is 0 Å². The summed E-state index contributed by atoms with van der Waals surface area (Å²) >= 11 is 0. The predicted molar refractivity (Wildman–Crippen MR) is 133 cm³/mol. The zero-order valence-corrected chi connectivity index (χ0v) is 19.7. The summed E-state index contributed by atoms with van der Waals surface area (Å²) in [6.45, 7) is 3.03. The summed E-state index contributed by atoms with van der Waals surface area (Å²) in [4.78, 5) is 31.0. The molecule has 1 aromatic heterocycles. The number of likely N-dealkylation sites (tertiary alicyclic amines) is 1. The van der Waals surface area contributed by atoms with Crippen LogP contribution in [0.25, 0.3) is 11.1 Å². The van der Waals surface area contributed by atoms with Crippen LogP contribution in [0.15, 0.2) is 60.8 Å². The molecule has 1 aliphatic heterocycles. The third-order valence-electron chi connectivity index (χ3n) is 6.25. The molecular formula is C27H30N4O4. The van der Waals surface area contributed by atoms with Crippen LogP contribution in [-0.4, -0.2) is 46.0 Å². The maximum absolute atomic E-state index is 12.6. The largest absolute Gasteiger partial charge is 0.508 e. The number of carbonyl (C=O) groups excluding carboxylic acids is 2. The number of aromatic nitrogens is 1. The van der Waals surface area contributed by atoms with Crippen LogP contribution in [-0.2, 0) is 11.2 Å². The first-order valence-electron chi connectivity index (χ1n) is 11.7. The van der Waals surface area contributed by atoms with Gasteiger partial charge in [0.05, 0.1) is 6.42 Å². The first-order valence-corrected chi connectivity index (χ1v) is 11.7. The van der Waals surface area contributed by atoms with Crippen LogP contribution in [0, 0.1) is 0 Å². The molecule has 1 saturated heterocycles. The molecular weight excluding hydrogens is 444 g/mol. The third-order valence-corrected chi connectivity index (χ3v) is 6.25. The summed E-state index contributed by atoms with van der Waals surface area (Å²) in [7, 11) is 0. The quantitative estimate of drug-likeness (QED) is 0.482. The summed E-state index contributed by atoms with van der Waals surface area (Å²) in [6.07, 6.45) is 3.03. The Hall–Kier alpha value is -3.91. The van der Waals surface area contributed by atoms with Gasteiger partial charge in [-0.2, -0.15) is 0 Å². The van der Waals surface area contributed by atoms with Crippen molar-refractivity contribution in [1.29, 1.82) is 0 Å². The maximum atomic E-state index is 12.6. The first kappa shape index (κ1) is 24.2. The molecule has 1 fully saturated rings. The van der Waals surface area contributed by atoms with E-state index in [4.69, 9.17) is 16.2 Å². The van der Waals surface area contributed by atoms with Crippen molar-refractivity contribution in [3.05, 3.63) is 77.5 Å². The fourth-order valence-corrected chi connectivity index (χ4v) is 4.14. The number of hydrogen-bond acceptors (Lipinski definition) is 6. The van der Waals surface area contributed by atoms with E-state index in [2.05, 4.69) is 4.98 Å². The number of hydrogen-bond donors (Lipinski definition) is 3. The average molecular weight is 475 g/mol. The number of aromatic hydroxyl groups is 1. The number of nitrogens with two attached hydrogens (primary N) is 2. The van der Waals surface area contributed by atoms with Gasteiger partial charge in [-0.05, 0) is 41.8 Å². The molecule has 35 heavy (non-hydrogen) atoms. The molecule has 1 aliphatic rings. The summed E-state index contributed by atoms with van der Waals surface area (Å²) in [5.41, 5.74) is 15.3. The Morgan fingerprint density at radius 2 is 1.74 bits per heavy atom. The summed E-state index contributed by atoms with van der Waals surface area (Å²) < 4.78 is 6.05. The highest BCUT2D eigenvalue weighted by Crippen LogP contribution is 2.27. The number of ether oxygens (including phenoxy) is 1. The second-order valence-electron chi connectivity index (χ2n) is 8.89. The number of amides is 2. The summed E-state index contributed by atoms with van der Waals surface area (Å²) in [6, 6.07) is 16.1. The molecule has 0 saturated carbocycles. The van der Waals surface area contributed by atoms with Crippen molar-refractivity contribution in [3.8, 4) is 22.8 Å². The average Bonchev–Trinajstić information content (AvgIpc) is 2.86.